The van der Waals surface area contributed by atoms with E-state index in [0.717, 1.165) is 31.7 Å². The molecule has 1 aliphatic rings. The van der Waals surface area contributed by atoms with Crippen LogP contribution in [-0.2, 0) is 6.42 Å². The number of hydrogen-bond donors (Lipinski definition) is 1. The Labute approximate surface area is 156 Å². The molecule has 2 nitrogen and oxygen atoms in total. The summed E-state index contributed by atoms with van der Waals surface area (Å²) in [6.07, 6.45) is 2.10. The molecule has 0 bridgehead atoms. The van der Waals surface area contributed by atoms with Gasteiger partial charge in [-0.2, -0.15) is 0 Å². The van der Waals surface area contributed by atoms with Crippen LogP contribution in [-0.4, -0.2) is 18.7 Å². The lowest BCUT2D eigenvalue weighted by Gasteiger charge is -2.37. The molecule has 1 atom stereocenters. The molecule has 0 spiro atoms. The first-order chi connectivity index (χ1) is 12.6. The number of benzene rings is 3. The van der Waals surface area contributed by atoms with Gasteiger partial charge < -0.3 is 10.1 Å². The maximum Gasteiger partial charge on any atom is 0.123 e. The first-order valence-electron chi connectivity index (χ1n) is 9.57. The second-order valence-electron chi connectivity index (χ2n) is 7.94. The molecule has 1 aliphatic heterocycles. The molecule has 1 unspecified atom stereocenters. The normalized spacial score (nSPS) is 18.3. The minimum atomic E-state index is -0.0982. The SMILES string of the molecule is CC1(C)CC(CNCCc2ccc3ccccc3c2)c2ccccc2O1. The molecule has 26 heavy (non-hydrogen) atoms. The van der Waals surface area contributed by atoms with Gasteiger partial charge in [0.1, 0.15) is 11.4 Å². The Bertz CT molecular complexity index is 899. The molecule has 0 saturated carbocycles. The largest absolute Gasteiger partial charge is 0.488 e. The first kappa shape index (κ1) is 17.1. The van der Waals surface area contributed by atoms with E-state index in [-0.39, 0.29) is 5.60 Å². The lowest BCUT2D eigenvalue weighted by Crippen LogP contribution is -2.38. The third-order valence-electron chi connectivity index (χ3n) is 5.28. The van der Waals surface area contributed by atoms with Gasteiger partial charge in [0, 0.05) is 12.5 Å². The van der Waals surface area contributed by atoms with Gasteiger partial charge in [-0.25, -0.2) is 0 Å². The van der Waals surface area contributed by atoms with Crippen LogP contribution in [0, 0.1) is 0 Å². The molecule has 0 radical (unpaired) electrons. The topological polar surface area (TPSA) is 21.3 Å². The second-order valence-corrected chi connectivity index (χ2v) is 7.94. The average molecular weight is 345 g/mol. The summed E-state index contributed by atoms with van der Waals surface area (Å²) in [5, 5.41) is 6.31. The van der Waals surface area contributed by atoms with Crippen molar-refractivity contribution in [2.24, 2.45) is 0 Å². The minimum Gasteiger partial charge on any atom is -0.488 e. The number of nitrogens with one attached hydrogen (secondary N) is 1. The summed E-state index contributed by atoms with van der Waals surface area (Å²) in [5.74, 6) is 1.55. The van der Waals surface area contributed by atoms with Crippen LogP contribution in [0.1, 0.15) is 37.3 Å². The molecule has 3 aromatic rings. The molecular formula is C24H27NO. The van der Waals surface area contributed by atoms with E-state index < -0.39 is 0 Å². The highest BCUT2D eigenvalue weighted by Crippen LogP contribution is 2.40. The van der Waals surface area contributed by atoms with Crippen LogP contribution < -0.4 is 10.1 Å². The van der Waals surface area contributed by atoms with Crippen LogP contribution in [0.3, 0.4) is 0 Å². The number of para-hydroxylation sites is 1. The van der Waals surface area contributed by atoms with Crippen molar-refractivity contribution in [1.82, 2.24) is 5.32 Å². The molecular weight excluding hydrogens is 318 g/mol. The zero-order valence-corrected chi connectivity index (χ0v) is 15.7. The van der Waals surface area contributed by atoms with Gasteiger partial charge in [-0.05, 0) is 61.2 Å². The van der Waals surface area contributed by atoms with Gasteiger partial charge in [-0.15, -0.1) is 0 Å². The monoisotopic (exact) mass is 345 g/mol. The molecule has 0 aromatic heterocycles. The number of fused-ring (bicyclic) bond motifs is 2. The van der Waals surface area contributed by atoms with Gasteiger partial charge in [0.2, 0.25) is 0 Å². The Morgan fingerprint density at radius 3 is 2.62 bits per heavy atom. The predicted octanol–water partition coefficient (Wildman–Crippen LogP) is 5.32. The zero-order valence-electron chi connectivity index (χ0n) is 15.7. The van der Waals surface area contributed by atoms with E-state index in [9.17, 15) is 0 Å². The van der Waals surface area contributed by atoms with E-state index in [1.165, 1.54) is 21.9 Å². The van der Waals surface area contributed by atoms with Crippen molar-refractivity contribution in [1.29, 1.82) is 0 Å². The third kappa shape index (κ3) is 3.76. The number of hydrogen-bond acceptors (Lipinski definition) is 2. The smallest absolute Gasteiger partial charge is 0.123 e. The van der Waals surface area contributed by atoms with Gasteiger partial charge in [-0.3, -0.25) is 0 Å². The lowest BCUT2D eigenvalue weighted by atomic mass is 9.84. The standard InChI is InChI=1S/C24H27NO/c1-24(2)16-21(22-9-5-6-10-23(22)26-24)17-25-14-13-18-11-12-19-7-3-4-8-20(19)15-18/h3-12,15,21,25H,13-14,16-17H2,1-2H3. The summed E-state index contributed by atoms with van der Waals surface area (Å²) >= 11 is 0. The quantitative estimate of drug-likeness (QED) is 0.632. The van der Waals surface area contributed by atoms with E-state index in [1.807, 2.05) is 0 Å². The fraction of sp³-hybridized carbons (Fsp3) is 0.333. The summed E-state index contributed by atoms with van der Waals surface area (Å²) in [4.78, 5) is 0. The van der Waals surface area contributed by atoms with Crippen molar-refractivity contribution < 1.29 is 4.74 Å². The molecule has 134 valence electrons. The Balaban J connectivity index is 1.37. The molecule has 0 saturated heterocycles. The van der Waals surface area contributed by atoms with Gasteiger partial charge in [0.05, 0.1) is 0 Å². The molecule has 2 heteroatoms. The van der Waals surface area contributed by atoms with Crippen molar-refractivity contribution in [3.8, 4) is 5.75 Å². The molecule has 4 rings (SSSR count). The van der Waals surface area contributed by atoms with Crippen molar-refractivity contribution in [2.45, 2.75) is 38.2 Å². The lowest BCUT2D eigenvalue weighted by molar-refractivity contribution is 0.0718. The average Bonchev–Trinajstić information content (AvgIpc) is 2.64. The van der Waals surface area contributed by atoms with Crippen LogP contribution in [0.4, 0.5) is 0 Å². The fourth-order valence-corrected chi connectivity index (χ4v) is 4.04. The van der Waals surface area contributed by atoms with Gasteiger partial charge in [0.15, 0.2) is 0 Å². The van der Waals surface area contributed by atoms with Crippen LogP contribution in [0.2, 0.25) is 0 Å². The molecule has 0 amide bonds. The van der Waals surface area contributed by atoms with Crippen molar-refractivity contribution in [3.05, 3.63) is 77.9 Å². The number of ether oxygens (including phenoxy) is 1. The molecule has 1 N–H and O–H groups in total. The zero-order chi connectivity index (χ0) is 18.0. The van der Waals surface area contributed by atoms with E-state index >= 15 is 0 Å². The number of rotatable bonds is 5. The first-order valence-corrected chi connectivity index (χ1v) is 9.57. The third-order valence-corrected chi connectivity index (χ3v) is 5.28. The fourth-order valence-electron chi connectivity index (χ4n) is 4.04. The van der Waals surface area contributed by atoms with E-state index in [2.05, 4.69) is 85.9 Å². The summed E-state index contributed by atoms with van der Waals surface area (Å²) in [5.41, 5.74) is 2.63. The summed E-state index contributed by atoms with van der Waals surface area (Å²) in [6.45, 7) is 6.37. The highest BCUT2D eigenvalue weighted by Gasteiger charge is 2.33. The van der Waals surface area contributed by atoms with E-state index in [1.54, 1.807) is 0 Å². The highest BCUT2D eigenvalue weighted by molar-refractivity contribution is 5.82. The van der Waals surface area contributed by atoms with Crippen molar-refractivity contribution in [2.75, 3.05) is 13.1 Å². The molecule has 0 fully saturated rings. The second kappa shape index (κ2) is 7.13. The maximum atomic E-state index is 6.14. The highest BCUT2D eigenvalue weighted by atomic mass is 16.5. The Morgan fingerprint density at radius 2 is 1.73 bits per heavy atom. The molecule has 3 aromatic carbocycles. The summed E-state index contributed by atoms with van der Waals surface area (Å²) in [6, 6.07) is 23.8. The maximum absolute atomic E-state index is 6.14. The molecule has 1 heterocycles. The van der Waals surface area contributed by atoms with Crippen LogP contribution in [0.5, 0.6) is 5.75 Å². The van der Waals surface area contributed by atoms with E-state index in [0.29, 0.717) is 5.92 Å². The Morgan fingerprint density at radius 1 is 0.962 bits per heavy atom. The van der Waals surface area contributed by atoms with Crippen LogP contribution in [0.25, 0.3) is 10.8 Å². The molecule has 0 aliphatic carbocycles. The van der Waals surface area contributed by atoms with Crippen molar-refractivity contribution >= 4 is 10.8 Å². The van der Waals surface area contributed by atoms with Crippen molar-refractivity contribution in [3.63, 3.8) is 0 Å². The summed E-state index contributed by atoms with van der Waals surface area (Å²) < 4.78 is 6.14. The van der Waals surface area contributed by atoms with E-state index in [4.69, 9.17) is 4.74 Å². The van der Waals surface area contributed by atoms with Gasteiger partial charge in [-0.1, -0.05) is 60.7 Å². The predicted molar refractivity (Wildman–Crippen MR) is 109 cm³/mol. The van der Waals surface area contributed by atoms with Gasteiger partial charge >= 0.3 is 0 Å². The summed E-state index contributed by atoms with van der Waals surface area (Å²) in [7, 11) is 0. The minimum absolute atomic E-state index is 0.0982. The Hall–Kier alpha value is -2.32. The van der Waals surface area contributed by atoms with Crippen LogP contribution >= 0.6 is 0 Å². The Kier molecular flexibility index (Phi) is 4.69. The van der Waals surface area contributed by atoms with Crippen LogP contribution in [0.15, 0.2) is 66.7 Å². The van der Waals surface area contributed by atoms with Gasteiger partial charge in [0.25, 0.3) is 0 Å².